The predicted octanol–water partition coefficient (Wildman–Crippen LogP) is 2.85. The smallest absolute Gasteiger partial charge is 0.162 e. The highest BCUT2D eigenvalue weighted by atomic mass is 32.2. The van der Waals surface area contributed by atoms with Crippen LogP contribution in [-0.2, 0) is 0 Å². The molecule has 0 aromatic heterocycles. The molecule has 3 nitrogen and oxygen atoms in total. The van der Waals surface area contributed by atoms with Crippen molar-refractivity contribution in [2.24, 2.45) is 0 Å². The van der Waals surface area contributed by atoms with Crippen LogP contribution in [0.2, 0.25) is 0 Å². The van der Waals surface area contributed by atoms with Gasteiger partial charge in [0.15, 0.2) is 11.5 Å². The summed E-state index contributed by atoms with van der Waals surface area (Å²) in [5.74, 6) is 1.58. The summed E-state index contributed by atoms with van der Waals surface area (Å²) in [5.41, 5.74) is 0. The molecule has 0 radical (unpaired) electrons. The van der Waals surface area contributed by atoms with Crippen LogP contribution in [0.15, 0.2) is 23.1 Å². The van der Waals surface area contributed by atoms with E-state index in [4.69, 9.17) is 14.7 Å². The average Bonchev–Trinajstić information content (AvgIpc) is 2.53. The van der Waals surface area contributed by atoms with Gasteiger partial charge in [0, 0.05) is 11.3 Å². The van der Waals surface area contributed by atoms with Crippen molar-refractivity contribution in [1.82, 2.24) is 0 Å². The number of hydrogen-bond acceptors (Lipinski definition) is 4. The van der Waals surface area contributed by atoms with E-state index >= 15 is 0 Å². The fourth-order valence-corrected chi connectivity index (χ4v) is 2.23. The monoisotopic (exact) mass is 235 g/mol. The molecule has 16 heavy (non-hydrogen) atoms. The number of fused-ring (bicyclic) bond motifs is 1. The molecule has 1 atom stereocenters. The first-order valence-corrected chi connectivity index (χ1v) is 6.13. The van der Waals surface area contributed by atoms with Gasteiger partial charge in [0.2, 0.25) is 0 Å². The first-order valence-electron chi connectivity index (χ1n) is 5.25. The van der Waals surface area contributed by atoms with Gasteiger partial charge in [-0.25, -0.2) is 0 Å². The van der Waals surface area contributed by atoms with E-state index < -0.39 is 0 Å². The minimum atomic E-state index is -0.0512. The Labute approximate surface area is 99.4 Å². The molecule has 0 N–H and O–H groups in total. The van der Waals surface area contributed by atoms with E-state index in [1.807, 2.05) is 25.1 Å². The standard InChI is InChI=1S/C12H13NO2S/c1-9(8-13)16-10-3-4-11-12(7-10)15-6-2-5-14-11/h3-4,7,9H,2,5-6H2,1H3. The van der Waals surface area contributed by atoms with E-state index in [1.165, 1.54) is 11.8 Å². The Morgan fingerprint density at radius 2 is 2.06 bits per heavy atom. The van der Waals surface area contributed by atoms with Crippen LogP contribution in [0.3, 0.4) is 0 Å². The van der Waals surface area contributed by atoms with Crippen molar-refractivity contribution >= 4 is 11.8 Å². The molecule has 4 heteroatoms. The van der Waals surface area contributed by atoms with E-state index in [-0.39, 0.29) is 5.25 Å². The number of hydrogen-bond donors (Lipinski definition) is 0. The van der Waals surface area contributed by atoms with E-state index in [9.17, 15) is 0 Å². The molecule has 0 bridgehead atoms. The van der Waals surface area contributed by atoms with Crippen molar-refractivity contribution in [2.45, 2.75) is 23.5 Å². The summed E-state index contributed by atoms with van der Waals surface area (Å²) < 4.78 is 11.1. The molecule has 0 aliphatic carbocycles. The molecular weight excluding hydrogens is 222 g/mol. The lowest BCUT2D eigenvalue weighted by Gasteiger charge is -2.09. The van der Waals surface area contributed by atoms with Gasteiger partial charge in [-0.3, -0.25) is 0 Å². The Hall–Kier alpha value is -1.34. The minimum absolute atomic E-state index is 0.0512. The minimum Gasteiger partial charge on any atom is -0.490 e. The second-order valence-corrected chi connectivity index (χ2v) is 4.96. The predicted molar refractivity (Wildman–Crippen MR) is 63.0 cm³/mol. The summed E-state index contributed by atoms with van der Waals surface area (Å²) in [6, 6.07) is 8.01. The van der Waals surface area contributed by atoms with Crippen molar-refractivity contribution in [3.8, 4) is 17.6 Å². The summed E-state index contributed by atoms with van der Waals surface area (Å²) in [6.07, 6.45) is 0.908. The fourth-order valence-electron chi connectivity index (χ4n) is 1.45. The van der Waals surface area contributed by atoms with E-state index in [2.05, 4.69) is 6.07 Å². The van der Waals surface area contributed by atoms with Crippen molar-refractivity contribution < 1.29 is 9.47 Å². The van der Waals surface area contributed by atoms with Crippen molar-refractivity contribution in [3.63, 3.8) is 0 Å². The Morgan fingerprint density at radius 1 is 1.31 bits per heavy atom. The Morgan fingerprint density at radius 3 is 2.81 bits per heavy atom. The average molecular weight is 235 g/mol. The first kappa shape index (κ1) is 11.2. The van der Waals surface area contributed by atoms with Crippen LogP contribution in [0.4, 0.5) is 0 Å². The molecule has 1 aromatic carbocycles. The van der Waals surface area contributed by atoms with Crippen molar-refractivity contribution in [1.29, 1.82) is 5.26 Å². The second kappa shape index (κ2) is 5.13. The second-order valence-electron chi connectivity index (χ2n) is 3.55. The number of nitrogens with zero attached hydrogens (tertiary/aromatic N) is 1. The van der Waals surface area contributed by atoms with Crippen LogP contribution in [0.1, 0.15) is 13.3 Å². The third kappa shape index (κ3) is 2.61. The van der Waals surface area contributed by atoms with Gasteiger partial charge in [-0.1, -0.05) is 0 Å². The molecule has 84 valence electrons. The Bertz CT molecular complexity index is 414. The number of rotatable bonds is 2. The van der Waals surface area contributed by atoms with E-state index in [1.54, 1.807) is 0 Å². The molecular formula is C12H13NO2S. The van der Waals surface area contributed by atoms with Gasteiger partial charge >= 0.3 is 0 Å². The molecule has 1 aromatic rings. The maximum absolute atomic E-state index is 8.75. The van der Waals surface area contributed by atoms with Gasteiger partial charge in [0.1, 0.15) is 0 Å². The molecule has 1 aliphatic heterocycles. The van der Waals surface area contributed by atoms with E-state index in [0.717, 1.165) is 22.8 Å². The third-order valence-corrected chi connectivity index (χ3v) is 3.20. The highest BCUT2D eigenvalue weighted by Crippen LogP contribution is 2.34. The highest BCUT2D eigenvalue weighted by Gasteiger charge is 2.11. The van der Waals surface area contributed by atoms with Crippen LogP contribution in [0.5, 0.6) is 11.5 Å². The van der Waals surface area contributed by atoms with Gasteiger partial charge < -0.3 is 9.47 Å². The SMILES string of the molecule is CC(C#N)Sc1ccc2c(c1)OCCCO2. The van der Waals surface area contributed by atoms with Crippen LogP contribution in [0.25, 0.3) is 0 Å². The molecule has 0 saturated heterocycles. The maximum Gasteiger partial charge on any atom is 0.162 e. The Balaban J connectivity index is 2.18. The van der Waals surface area contributed by atoms with Gasteiger partial charge in [-0.2, -0.15) is 5.26 Å². The topological polar surface area (TPSA) is 42.2 Å². The molecule has 2 rings (SSSR count). The van der Waals surface area contributed by atoms with Crippen LogP contribution in [0, 0.1) is 11.3 Å². The normalized spacial score (nSPS) is 16.0. The fraction of sp³-hybridized carbons (Fsp3) is 0.417. The number of benzene rings is 1. The quantitative estimate of drug-likeness (QED) is 0.739. The summed E-state index contributed by atoms with van der Waals surface area (Å²) in [7, 11) is 0. The lowest BCUT2D eigenvalue weighted by atomic mass is 10.3. The van der Waals surface area contributed by atoms with Gasteiger partial charge in [0.25, 0.3) is 0 Å². The summed E-state index contributed by atoms with van der Waals surface area (Å²) >= 11 is 1.53. The molecule has 1 heterocycles. The number of ether oxygens (including phenoxy) is 2. The first-order chi connectivity index (χ1) is 7.79. The zero-order valence-electron chi connectivity index (χ0n) is 9.10. The van der Waals surface area contributed by atoms with Gasteiger partial charge in [0.05, 0.1) is 24.5 Å². The molecule has 1 aliphatic rings. The van der Waals surface area contributed by atoms with Crippen LogP contribution in [-0.4, -0.2) is 18.5 Å². The molecule has 0 saturated carbocycles. The van der Waals surface area contributed by atoms with Gasteiger partial charge in [-0.15, -0.1) is 11.8 Å². The molecule has 1 unspecified atom stereocenters. The third-order valence-electron chi connectivity index (χ3n) is 2.21. The zero-order chi connectivity index (χ0) is 11.4. The highest BCUT2D eigenvalue weighted by molar-refractivity contribution is 8.00. The van der Waals surface area contributed by atoms with Crippen LogP contribution < -0.4 is 9.47 Å². The van der Waals surface area contributed by atoms with Crippen molar-refractivity contribution in [3.05, 3.63) is 18.2 Å². The summed E-state index contributed by atoms with van der Waals surface area (Å²) in [5, 5.41) is 8.70. The largest absolute Gasteiger partial charge is 0.490 e. The van der Waals surface area contributed by atoms with Gasteiger partial charge in [-0.05, 0) is 25.1 Å². The molecule has 0 fully saturated rings. The number of nitriles is 1. The van der Waals surface area contributed by atoms with Crippen molar-refractivity contribution in [2.75, 3.05) is 13.2 Å². The maximum atomic E-state index is 8.75. The lowest BCUT2D eigenvalue weighted by Crippen LogP contribution is -1.97. The Kier molecular flexibility index (Phi) is 3.58. The molecule has 0 amide bonds. The zero-order valence-corrected chi connectivity index (χ0v) is 9.92. The van der Waals surface area contributed by atoms with Crippen LogP contribution >= 0.6 is 11.8 Å². The lowest BCUT2D eigenvalue weighted by molar-refractivity contribution is 0.297. The van der Waals surface area contributed by atoms with E-state index in [0.29, 0.717) is 13.2 Å². The summed E-state index contributed by atoms with van der Waals surface area (Å²) in [4.78, 5) is 1.04. The molecule has 0 spiro atoms. The summed E-state index contributed by atoms with van der Waals surface area (Å²) in [6.45, 7) is 3.27. The number of thioether (sulfide) groups is 1.